The van der Waals surface area contributed by atoms with Crippen molar-refractivity contribution in [2.75, 3.05) is 0 Å². The molecule has 246 valence electrons. The Hall–Kier alpha value is -4.95. The molecular formula is C37H29IN4O6S. The first kappa shape index (κ1) is 32.6. The molecule has 2 aliphatic rings. The van der Waals surface area contributed by atoms with Gasteiger partial charge in [0.25, 0.3) is 11.5 Å². The van der Waals surface area contributed by atoms with E-state index in [0.29, 0.717) is 23.5 Å². The number of cyclic esters (lactones) is 1. The van der Waals surface area contributed by atoms with E-state index in [0.717, 1.165) is 25.6 Å². The molecule has 7 rings (SSSR count). The topological polar surface area (TPSA) is 129 Å². The lowest BCUT2D eigenvalue weighted by molar-refractivity contribution is -0.190. The van der Waals surface area contributed by atoms with E-state index in [-0.39, 0.29) is 41.2 Å². The molecule has 0 bridgehead atoms. The van der Waals surface area contributed by atoms with Gasteiger partial charge in [-0.05, 0) is 89.3 Å². The van der Waals surface area contributed by atoms with E-state index in [1.54, 1.807) is 41.8 Å². The number of aromatic nitrogens is 2. The second kappa shape index (κ2) is 13.2. The van der Waals surface area contributed by atoms with Crippen LogP contribution in [0, 0.1) is 3.57 Å². The van der Waals surface area contributed by atoms with Crippen molar-refractivity contribution in [1.82, 2.24) is 20.2 Å². The Balaban J connectivity index is 1.23. The first-order valence-corrected chi connectivity index (χ1v) is 17.1. The SMILES string of the molecule is CC[C@@]1(OC(=O)[C@H](Cc2ccccc2)NC(=S)NC(=O)c2ccc(I)cc2)C(=O)OCc2c1cc1n(c2=O)Cc2cc3ccccc3nc2-1. The summed E-state index contributed by atoms with van der Waals surface area (Å²) < 4.78 is 14.3. The maximum Gasteiger partial charge on any atom is 0.355 e. The van der Waals surface area contributed by atoms with Crippen molar-refractivity contribution in [3.8, 4) is 11.4 Å². The number of hydrogen-bond donors (Lipinski definition) is 2. The molecule has 4 heterocycles. The Morgan fingerprint density at radius 1 is 1.04 bits per heavy atom. The Kier molecular flexibility index (Phi) is 8.75. The van der Waals surface area contributed by atoms with Gasteiger partial charge in [-0.25, -0.2) is 14.6 Å². The fourth-order valence-electron chi connectivity index (χ4n) is 6.34. The van der Waals surface area contributed by atoms with Crippen LogP contribution < -0.4 is 16.2 Å². The number of nitrogens with zero attached hydrogens (tertiary/aromatic N) is 2. The lowest BCUT2D eigenvalue weighted by Gasteiger charge is -2.36. The number of esters is 2. The van der Waals surface area contributed by atoms with Crippen LogP contribution in [0.1, 0.15) is 46.0 Å². The number of nitrogens with one attached hydrogen (secondary N) is 2. The van der Waals surface area contributed by atoms with Crippen molar-refractivity contribution < 1.29 is 23.9 Å². The molecule has 10 nitrogen and oxygen atoms in total. The highest BCUT2D eigenvalue weighted by molar-refractivity contribution is 14.1. The quantitative estimate of drug-likeness (QED) is 0.128. The molecule has 0 aliphatic carbocycles. The van der Waals surface area contributed by atoms with Gasteiger partial charge in [0, 0.05) is 32.1 Å². The predicted molar refractivity (Wildman–Crippen MR) is 195 cm³/mol. The number of hydrogen-bond acceptors (Lipinski definition) is 8. The van der Waals surface area contributed by atoms with Gasteiger partial charge in [-0.15, -0.1) is 0 Å². The zero-order valence-electron chi connectivity index (χ0n) is 26.2. The summed E-state index contributed by atoms with van der Waals surface area (Å²) in [5.74, 6) is -2.05. The standard InChI is InChI=1S/C37H29IN4O6S/c1-2-37(48-34(45)29(16-21-8-4-3-5-9-21)40-36(49)41-32(43)22-12-14-25(38)15-13-22)27-18-30-31-24(17-23-10-6-7-11-28(23)39-31)19-42(30)33(44)26(27)20-47-35(37)46/h3-15,17-18,29H,2,16,19-20H2,1H3,(H2,40,41,43,49)/t29-,37-/m0/s1. The van der Waals surface area contributed by atoms with Crippen LogP contribution in [0.25, 0.3) is 22.3 Å². The molecule has 0 unspecified atom stereocenters. The molecule has 2 aliphatic heterocycles. The minimum absolute atomic E-state index is 0.00246. The molecule has 0 radical (unpaired) electrons. The summed E-state index contributed by atoms with van der Waals surface area (Å²) in [6.07, 6.45) is 0.121. The van der Waals surface area contributed by atoms with Crippen LogP contribution in [0.2, 0.25) is 0 Å². The van der Waals surface area contributed by atoms with Crippen LogP contribution in [0.4, 0.5) is 0 Å². The van der Waals surface area contributed by atoms with Crippen LogP contribution in [-0.2, 0) is 44.2 Å². The monoisotopic (exact) mass is 784 g/mol. The van der Waals surface area contributed by atoms with Gasteiger partial charge in [-0.2, -0.15) is 0 Å². The second-order valence-electron chi connectivity index (χ2n) is 11.9. The van der Waals surface area contributed by atoms with Gasteiger partial charge in [0.15, 0.2) is 5.11 Å². The summed E-state index contributed by atoms with van der Waals surface area (Å²) >= 11 is 7.61. The Bertz CT molecular complexity index is 2220. The lowest BCUT2D eigenvalue weighted by Crippen LogP contribution is -2.53. The highest BCUT2D eigenvalue weighted by atomic mass is 127. The fourth-order valence-corrected chi connectivity index (χ4v) is 6.93. The third-order valence-electron chi connectivity index (χ3n) is 8.87. The molecule has 2 aromatic heterocycles. The van der Waals surface area contributed by atoms with Gasteiger partial charge in [-0.3, -0.25) is 14.9 Å². The third kappa shape index (κ3) is 6.10. The number of halogens is 1. The molecule has 0 fully saturated rings. The average Bonchev–Trinajstić information content (AvgIpc) is 3.46. The Labute approximate surface area is 300 Å². The van der Waals surface area contributed by atoms with E-state index in [2.05, 4.69) is 33.2 Å². The number of thiocarbonyl (C=S) groups is 1. The number of rotatable bonds is 7. The minimum atomic E-state index is -1.91. The third-order valence-corrected chi connectivity index (χ3v) is 9.80. The van der Waals surface area contributed by atoms with Crippen molar-refractivity contribution >= 4 is 68.7 Å². The highest BCUT2D eigenvalue weighted by Crippen LogP contribution is 2.41. The summed E-state index contributed by atoms with van der Waals surface area (Å²) in [5, 5.41) is 6.41. The Morgan fingerprint density at radius 3 is 2.53 bits per heavy atom. The van der Waals surface area contributed by atoms with E-state index >= 15 is 0 Å². The van der Waals surface area contributed by atoms with Crippen LogP contribution >= 0.6 is 34.8 Å². The smallest absolute Gasteiger partial charge is 0.355 e. The maximum atomic E-state index is 14.2. The molecule has 2 N–H and O–H groups in total. The summed E-state index contributed by atoms with van der Waals surface area (Å²) in [5.41, 5.74) is 2.24. The van der Waals surface area contributed by atoms with E-state index < -0.39 is 29.5 Å². The van der Waals surface area contributed by atoms with Crippen molar-refractivity contribution in [3.05, 3.63) is 133 Å². The number of para-hydroxylation sites is 1. The van der Waals surface area contributed by atoms with E-state index in [1.165, 1.54) is 0 Å². The number of ether oxygens (including phenoxy) is 2. The van der Waals surface area contributed by atoms with Crippen molar-refractivity contribution in [3.63, 3.8) is 0 Å². The summed E-state index contributed by atoms with van der Waals surface area (Å²) in [4.78, 5) is 59.6. The lowest BCUT2D eigenvalue weighted by atomic mass is 9.85. The molecule has 3 aromatic carbocycles. The summed E-state index contributed by atoms with van der Waals surface area (Å²) in [6, 6.07) is 26.5. The number of carbonyl (C=O) groups excluding carboxylic acids is 3. The number of fused-ring (bicyclic) bond motifs is 5. The van der Waals surface area contributed by atoms with Crippen LogP contribution in [0.15, 0.2) is 95.8 Å². The van der Waals surface area contributed by atoms with E-state index in [1.807, 2.05) is 60.7 Å². The predicted octanol–water partition coefficient (Wildman–Crippen LogP) is 5.15. The van der Waals surface area contributed by atoms with Gasteiger partial charge >= 0.3 is 11.9 Å². The Morgan fingerprint density at radius 2 is 1.78 bits per heavy atom. The maximum absolute atomic E-state index is 14.2. The fraction of sp³-hybridized carbons (Fsp3) is 0.189. The molecule has 2 atom stereocenters. The van der Waals surface area contributed by atoms with Gasteiger partial charge in [0.2, 0.25) is 5.60 Å². The molecular weight excluding hydrogens is 755 g/mol. The normalized spacial score (nSPS) is 16.5. The zero-order chi connectivity index (χ0) is 34.3. The molecule has 0 saturated carbocycles. The number of carbonyl (C=O) groups is 3. The molecule has 0 saturated heterocycles. The molecule has 12 heteroatoms. The molecule has 1 amide bonds. The molecule has 0 spiro atoms. The van der Waals surface area contributed by atoms with Gasteiger partial charge in [0.05, 0.1) is 29.0 Å². The molecule has 49 heavy (non-hydrogen) atoms. The first-order chi connectivity index (χ1) is 23.7. The minimum Gasteiger partial charge on any atom is -0.457 e. The zero-order valence-corrected chi connectivity index (χ0v) is 29.2. The van der Waals surface area contributed by atoms with Gasteiger partial charge in [-0.1, -0.05) is 55.5 Å². The highest BCUT2D eigenvalue weighted by Gasteiger charge is 2.51. The van der Waals surface area contributed by atoms with Crippen LogP contribution in [0.3, 0.4) is 0 Å². The van der Waals surface area contributed by atoms with Crippen molar-refractivity contribution in [2.24, 2.45) is 0 Å². The first-order valence-electron chi connectivity index (χ1n) is 15.6. The van der Waals surface area contributed by atoms with Gasteiger partial charge in [0.1, 0.15) is 12.6 Å². The second-order valence-corrected chi connectivity index (χ2v) is 13.5. The van der Waals surface area contributed by atoms with Gasteiger partial charge < -0.3 is 19.4 Å². The van der Waals surface area contributed by atoms with Crippen molar-refractivity contribution in [2.45, 2.75) is 44.6 Å². The van der Waals surface area contributed by atoms with E-state index in [4.69, 9.17) is 26.7 Å². The summed E-state index contributed by atoms with van der Waals surface area (Å²) in [6.45, 7) is 1.76. The van der Waals surface area contributed by atoms with Crippen LogP contribution in [-0.4, -0.2) is 38.6 Å². The largest absolute Gasteiger partial charge is 0.457 e. The number of benzene rings is 3. The van der Waals surface area contributed by atoms with Crippen molar-refractivity contribution in [1.29, 1.82) is 0 Å². The summed E-state index contributed by atoms with van der Waals surface area (Å²) in [7, 11) is 0. The molecule has 5 aromatic rings. The number of pyridine rings is 2. The average molecular weight is 785 g/mol. The van der Waals surface area contributed by atoms with Crippen LogP contribution in [0.5, 0.6) is 0 Å². The number of amides is 1. The van der Waals surface area contributed by atoms with E-state index in [9.17, 15) is 19.2 Å².